The SMILES string of the molecule is Cc1sc(C(=O)N2CCN(S(C)(=O)=O)CC2)cc1N. The lowest BCUT2D eigenvalue weighted by molar-refractivity contribution is 0.0703. The molecule has 106 valence electrons. The summed E-state index contributed by atoms with van der Waals surface area (Å²) in [6.07, 6.45) is 1.19. The van der Waals surface area contributed by atoms with Crippen LogP contribution in [0.4, 0.5) is 5.69 Å². The largest absolute Gasteiger partial charge is 0.398 e. The number of thiophene rings is 1. The van der Waals surface area contributed by atoms with E-state index in [1.165, 1.54) is 21.9 Å². The van der Waals surface area contributed by atoms with Crippen LogP contribution in [0, 0.1) is 6.92 Å². The van der Waals surface area contributed by atoms with Crippen molar-refractivity contribution < 1.29 is 13.2 Å². The zero-order valence-corrected chi connectivity index (χ0v) is 12.6. The highest BCUT2D eigenvalue weighted by molar-refractivity contribution is 7.88. The molecule has 6 nitrogen and oxygen atoms in total. The van der Waals surface area contributed by atoms with Gasteiger partial charge in [0.05, 0.1) is 11.1 Å². The first-order valence-corrected chi connectivity index (χ1v) is 8.56. The van der Waals surface area contributed by atoms with Gasteiger partial charge in [0.25, 0.3) is 5.91 Å². The first-order chi connectivity index (χ1) is 8.79. The van der Waals surface area contributed by atoms with Crippen LogP contribution in [-0.4, -0.2) is 56.0 Å². The summed E-state index contributed by atoms with van der Waals surface area (Å²) in [5.74, 6) is -0.0713. The molecule has 0 aromatic carbocycles. The molecule has 1 amide bonds. The number of aryl methyl sites for hydroxylation is 1. The second-order valence-corrected chi connectivity index (χ2v) is 7.82. The predicted octanol–water partition coefficient (Wildman–Crippen LogP) is 0.356. The van der Waals surface area contributed by atoms with Gasteiger partial charge in [-0.05, 0) is 13.0 Å². The van der Waals surface area contributed by atoms with Crippen molar-refractivity contribution in [1.29, 1.82) is 0 Å². The Balaban J connectivity index is 2.04. The Hall–Kier alpha value is -1.12. The number of hydrogen-bond acceptors (Lipinski definition) is 5. The molecule has 1 aromatic heterocycles. The van der Waals surface area contributed by atoms with Gasteiger partial charge in [-0.3, -0.25) is 4.79 Å². The number of nitrogens with zero attached hydrogens (tertiary/aromatic N) is 2. The fourth-order valence-electron chi connectivity index (χ4n) is 1.98. The Morgan fingerprint density at radius 1 is 1.32 bits per heavy atom. The van der Waals surface area contributed by atoms with Crippen LogP contribution in [0.25, 0.3) is 0 Å². The van der Waals surface area contributed by atoms with Crippen molar-refractivity contribution in [2.24, 2.45) is 0 Å². The summed E-state index contributed by atoms with van der Waals surface area (Å²) in [5.41, 5.74) is 6.37. The van der Waals surface area contributed by atoms with Gasteiger partial charge in [-0.15, -0.1) is 11.3 Å². The van der Waals surface area contributed by atoms with Crippen LogP contribution in [0.1, 0.15) is 14.5 Å². The van der Waals surface area contributed by atoms with E-state index in [2.05, 4.69) is 0 Å². The second kappa shape index (κ2) is 5.10. The molecule has 2 N–H and O–H groups in total. The first kappa shape index (κ1) is 14.3. The maximum absolute atomic E-state index is 12.2. The first-order valence-electron chi connectivity index (χ1n) is 5.89. The molecule has 1 saturated heterocycles. The number of rotatable bonds is 2. The van der Waals surface area contributed by atoms with E-state index in [4.69, 9.17) is 5.73 Å². The summed E-state index contributed by atoms with van der Waals surface area (Å²) >= 11 is 1.37. The Morgan fingerprint density at radius 2 is 1.89 bits per heavy atom. The van der Waals surface area contributed by atoms with Crippen molar-refractivity contribution in [1.82, 2.24) is 9.21 Å². The van der Waals surface area contributed by atoms with Crippen molar-refractivity contribution in [3.05, 3.63) is 15.8 Å². The average molecular weight is 303 g/mol. The highest BCUT2D eigenvalue weighted by Gasteiger charge is 2.27. The minimum atomic E-state index is -3.16. The number of carbonyl (C=O) groups is 1. The predicted molar refractivity (Wildman–Crippen MR) is 75.8 cm³/mol. The van der Waals surface area contributed by atoms with Gasteiger partial charge < -0.3 is 10.6 Å². The van der Waals surface area contributed by atoms with E-state index < -0.39 is 10.0 Å². The molecule has 0 unspecified atom stereocenters. The maximum atomic E-state index is 12.2. The molecule has 1 aliphatic rings. The molecule has 0 radical (unpaired) electrons. The fourth-order valence-corrected chi connectivity index (χ4v) is 3.72. The van der Waals surface area contributed by atoms with Crippen molar-refractivity contribution in [3.8, 4) is 0 Å². The Morgan fingerprint density at radius 3 is 2.32 bits per heavy atom. The van der Waals surface area contributed by atoms with Crippen molar-refractivity contribution in [3.63, 3.8) is 0 Å². The van der Waals surface area contributed by atoms with E-state index in [-0.39, 0.29) is 5.91 Å². The third kappa shape index (κ3) is 3.07. The highest BCUT2D eigenvalue weighted by atomic mass is 32.2. The van der Waals surface area contributed by atoms with Crippen LogP contribution in [0.3, 0.4) is 0 Å². The van der Waals surface area contributed by atoms with Gasteiger partial charge in [-0.25, -0.2) is 8.42 Å². The molecule has 0 bridgehead atoms. The number of nitrogen functional groups attached to an aromatic ring is 1. The molecule has 2 rings (SSSR count). The third-order valence-electron chi connectivity index (χ3n) is 3.16. The highest BCUT2D eigenvalue weighted by Crippen LogP contribution is 2.25. The fraction of sp³-hybridized carbons (Fsp3) is 0.545. The van der Waals surface area contributed by atoms with Gasteiger partial charge in [0.15, 0.2) is 0 Å². The van der Waals surface area contributed by atoms with Crippen LogP contribution in [0.15, 0.2) is 6.07 Å². The molecule has 0 spiro atoms. The molecule has 1 aliphatic heterocycles. The molecule has 0 saturated carbocycles. The van der Waals surface area contributed by atoms with Crippen molar-refractivity contribution >= 4 is 33.0 Å². The summed E-state index contributed by atoms with van der Waals surface area (Å²) in [7, 11) is -3.16. The summed E-state index contributed by atoms with van der Waals surface area (Å²) in [6, 6.07) is 1.69. The van der Waals surface area contributed by atoms with Crippen molar-refractivity contribution in [2.45, 2.75) is 6.92 Å². The number of anilines is 1. The number of amides is 1. The lowest BCUT2D eigenvalue weighted by Crippen LogP contribution is -2.50. The Labute approximate surface area is 116 Å². The van der Waals surface area contributed by atoms with E-state index in [9.17, 15) is 13.2 Å². The van der Waals surface area contributed by atoms with E-state index in [0.29, 0.717) is 36.7 Å². The summed E-state index contributed by atoms with van der Waals surface area (Å²) in [5, 5.41) is 0. The molecule has 0 atom stereocenters. The van der Waals surface area contributed by atoms with Gasteiger partial charge in [-0.1, -0.05) is 0 Å². The van der Waals surface area contributed by atoms with E-state index in [1.54, 1.807) is 11.0 Å². The van der Waals surface area contributed by atoms with E-state index >= 15 is 0 Å². The third-order valence-corrected chi connectivity index (χ3v) is 5.52. The van der Waals surface area contributed by atoms with E-state index in [1.807, 2.05) is 6.92 Å². The Bertz CT molecular complexity index is 567. The number of piperazine rings is 1. The monoisotopic (exact) mass is 303 g/mol. The molecule has 0 aliphatic carbocycles. The molecular formula is C11H17N3O3S2. The van der Waals surface area contributed by atoms with Crippen LogP contribution < -0.4 is 5.73 Å². The minimum absolute atomic E-state index is 0.0713. The number of carbonyl (C=O) groups excluding carboxylic acids is 1. The van der Waals surface area contributed by atoms with Crippen LogP contribution >= 0.6 is 11.3 Å². The topological polar surface area (TPSA) is 83.7 Å². The van der Waals surface area contributed by atoms with Crippen LogP contribution in [0.2, 0.25) is 0 Å². The molecule has 1 fully saturated rings. The average Bonchev–Trinajstić information content (AvgIpc) is 2.68. The number of hydrogen-bond donors (Lipinski definition) is 1. The van der Waals surface area contributed by atoms with Gasteiger partial charge in [0, 0.05) is 36.7 Å². The second-order valence-electron chi connectivity index (χ2n) is 4.58. The smallest absolute Gasteiger partial charge is 0.264 e. The van der Waals surface area contributed by atoms with Crippen molar-refractivity contribution in [2.75, 3.05) is 38.2 Å². The van der Waals surface area contributed by atoms with Crippen LogP contribution in [-0.2, 0) is 10.0 Å². The number of sulfonamides is 1. The van der Waals surface area contributed by atoms with Gasteiger partial charge in [0.2, 0.25) is 10.0 Å². The minimum Gasteiger partial charge on any atom is -0.398 e. The summed E-state index contributed by atoms with van der Waals surface area (Å²) in [6.45, 7) is 3.42. The van der Waals surface area contributed by atoms with Gasteiger partial charge in [0.1, 0.15) is 0 Å². The number of nitrogens with two attached hydrogens (primary N) is 1. The zero-order valence-electron chi connectivity index (χ0n) is 10.9. The molecule has 2 heterocycles. The summed E-state index contributed by atoms with van der Waals surface area (Å²) in [4.78, 5) is 15.4. The lowest BCUT2D eigenvalue weighted by atomic mass is 10.3. The zero-order chi connectivity index (χ0) is 14.2. The molecular weight excluding hydrogens is 286 g/mol. The van der Waals surface area contributed by atoms with Gasteiger partial charge in [-0.2, -0.15) is 4.31 Å². The maximum Gasteiger partial charge on any atom is 0.264 e. The summed E-state index contributed by atoms with van der Waals surface area (Å²) < 4.78 is 24.2. The van der Waals surface area contributed by atoms with Crippen LogP contribution in [0.5, 0.6) is 0 Å². The molecule has 19 heavy (non-hydrogen) atoms. The normalized spacial score (nSPS) is 17.7. The van der Waals surface area contributed by atoms with E-state index in [0.717, 1.165) is 4.88 Å². The van der Waals surface area contributed by atoms with Gasteiger partial charge >= 0.3 is 0 Å². The Kier molecular flexibility index (Phi) is 3.84. The molecule has 1 aromatic rings. The quantitative estimate of drug-likeness (QED) is 0.855. The molecule has 8 heteroatoms. The standard InChI is InChI=1S/C11H17N3O3S2/c1-8-9(12)7-10(18-8)11(15)13-3-5-14(6-4-13)19(2,16)17/h7H,3-6,12H2,1-2H3. The lowest BCUT2D eigenvalue weighted by Gasteiger charge is -2.32.